The van der Waals surface area contributed by atoms with Gasteiger partial charge >= 0.3 is 5.97 Å². The van der Waals surface area contributed by atoms with E-state index in [0.717, 1.165) is 25.2 Å². The lowest BCUT2D eigenvalue weighted by atomic mass is 9.93. The van der Waals surface area contributed by atoms with E-state index in [4.69, 9.17) is 4.84 Å². The summed E-state index contributed by atoms with van der Waals surface area (Å²) in [5.74, 6) is -0.0801. The molecule has 1 fully saturated rings. The number of oxime groups is 1. The van der Waals surface area contributed by atoms with Gasteiger partial charge in [0, 0.05) is 12.3 Å². The summed E-state index contributed by atoms with van der Waals surface area (Å²) in [7, 11) is 0. The predicted octanol–water partition coefficient (Wildman–Crippen LogP) is 1.70. The fraction of sp³-hybridized carbons (Fsp3) is 0.412. The van der Waals surface area contributed by atoms with E-state index >= 15 is 0 Å². The summed E-state index contributed by atoms with van der Waals surface area (Å²) in [4.78, 5) is 18.5. The Balaban J connectivity index is 1.98. The van der Waals surface area contributed by atoms with Crippen molar-refractivity contribution in [1.82, 2.24) is 0 Å². The van der Waals surface area contributed by atoms with Crippen LogP contribution in [-0.2, 0) is 4.84 Å². The number of piperidine rings is 1. The summed E-state index contributed by atoms with van der Waals surface area (Å²) in [6, 6.07) is 9.41. The van der Waals surface area contributed by atoms with Crippen LogP contribution in [-0.4, -0.2) is 30.8 Å². The van der Waals surface area contributed by atoms with Gasteiger partial charge in [-0.15, -0.1) is 0 Å². The molecule has 0 aliphatic carbocycles. The van der Waals surface area contributed by atoms with Crippen LogP contribution in [0.2, 0.25) is 0 Å². The molecule has 0 saturated carbocycles. The van der Waals surface area contributed by atoms with Gasteiger partial charge in [-0.3, -0.25) is 0 Å². The Morgan fingerprint density at radius 3 is 2.81 bits per heavy atom. The molecule has 112 valence electrons. The molecule has 0 aromatic heterocycles. The minimum atomic E-state index is -0.399. The summed E-state index contributed by atoms with van der Waals surface area (Å²) in [6.45, 7) is 10.1. The van der Waals surface area contributed by atoms with Crippen molar-refractivity contribution in [2.24, 2.45) is 11.1 Å². The van der Waals surface area contributed by atoms with Gasteiger partial charge in [0.05, 0.1) is 30.4 Å². The molecule has 1 aliphatic heterocycles. The van der Waals surface area contributed by atoms with Crippen molar-refractivity contribution in [1.29, 1.82) is 0 Å². The number of likely N-dealkylation sites (tertiary alicyclic amines) is 1. The highest BCUT2D eigenvalue weighted by molar-refractivity contribution is 5.91. The zero-order valence-electron chi connectivity index (χ0n) is 12.7. The Bertz CT molecular complexity index is 525. The summed E-state index contributed by atoms with van der Waals surface area (Å²) in [6.07, 6.45) is 2.81. The normalized spacial score (nSPS) is 27.3. The van der Waals surface area contributed by atoms with E-state index in [9.17, 15) is 4.79 Å². The smallest absolute Gasteiger partial charge is 0.329 e. The topological polar surface area (TPSA) is 43.1 Å². The molecule has 1 N–H and O–H groups in total. The fourth-order valence-electron chi connectivity index (χ4n) is 2.70. The van der Waals surface area contributed by atoms with Gasteiger partial charge in [-0.2, -0.15) is 0 Å². The largest absolute Gasteiger partial charge is 0.365 e. The van der Waals surface area contributed by atoms with Crippen LogP contribution < -0.4 is 4.90 Å². The molecule has 4 heteroatoms. The molecule has 2 rings (SSSR count). The number of hydrogen-bond donors (Lipinski definition) is 1. The van der Waals surface area contributed by atoms with Crippen molar-refractivity contribution in [3.63, 3.8) is 0 Å². The summed E-state index contributed by atoms with van der Waals surface area (Å²) in [5, 5.41) is 4.11. The van der Waals surface area contributed by atoms with E-state index in [-0.39, 0.29) is 0 Å². The Kier molecular flexibility index (Phi) is 5.28. The molecule has 3 atom stereocenters. The van der Waals surface area contributed by atoms with Crippen LogP contribution in [0.4, 0.5) is 0 Å². The van der Waals surface area contributed by atoms with E-state index in [1.165, 1.54) is 4.90 Å². The van der Waals surface area contributed by atoms with E-state index in [1.807, 2.05) is 24.3 Å². The first-order chi connectivity index (χ1) is 10.1. The third-order valence-electron chi connectivity index (χ3n) is 4.01. The molecule has 1 aliphatic rings. The maximum atomic E-state index is 11.9. The van der Waals surface area contributed by atoms with Crippen molar-refractivity contribution in [3.8, 4) is 0 Å². The monoisotopic (exact) mass is 287 g/mol. The van der Waals surface area contributed by atoms with Crippen LogP contribution in [0.5, 0.6) is 0 Å². The van der Waals surface area contributed by atoms with Crippen molar-refractivity contribution in [2.45, 2.75) is 26.3 Å². The van der Waals surface area contributed by atoms with Gasteiger partial charge in [-0.25, -0.2) is 4.79 Å². The fourth-order valence-corrected chi connectivity index (χ4v) is 2.70. The van der Waals surface area contributed by atoms with Crippen molar-refractivity contribution < 1.29 is 14.5 Å². The van der Waals surface area contributed by atoms with Crippen LogP contribution in [0.3, 0.4) is 0 Å². The highest BCUT2D eigenvalue weighted by atomic mass is 16.7. The SMILES string of the molecule is C=CC[NH+]1C[C@H](C)/C(=N\OC(=O)c2ccccc2)C[C@H]1C. The number of quaternary nitrogens is 1. The van der Waals surface area contributed by atoms with Gasteiger partial charge in [-0.05, 0) is 25.1 Å². The molecule has 1 saturated heterocycles. The number of hydrogen-bond acceptors (Lipinski definition) is 3. The minimum Gasteiger partial charge on any atom is -0.329 e. The number of carbonyl (C=O) groups is 1. The number of benzene rings is 1. The molecule has 4 nitrogen and oxygen atoms in total. The maximum absolute atomic E-state index is 11.9. The van der Waals surface area contributed by atoms with Crippen LogP contribution in [0, 0.1) is 5.92 Å². The van der Waals surface area contributed by atoms with Crippen LogP contribution >= 0.6 is 0 Å². The molecular formula is C17H23N2O2+. The number of nitrogens with zero attached hydrogens (tertiary/aromatic N) is 1. The first-order valence-corrected chi connectivity index (χ1v) is 7.40. The first kappa shape index (κ1) is 15.4. The predicted molar refractivity (Wildman–Crippen MR) is 83.4 cm³/mol. The van der Waals surface area contributed by atoms with Crippen LogP contribution in [0.25, 0.3) is 0 Å². The molecule has 21 heavy (non-hydrogen) atoms. The van der Waals surface area contributed by atoms with Gasteiger partial charge < -0.3 is 9.74 Å². The quantitative estimate of drug-likeness (QED) is 0.520. The summed E-state index contributed by atoms with van der Waals surface area (Å²) < 4.78 is 0. The second kappa shape index (κ2) is 7.18. The molecule has 1 heterocycles. The van der Waals surface area contributed by atoms with E-state index in [0.29, 0.717) is 17.5 Å². The van der Waals surface area contributed by atoms with Crippen molar-refractivity contribution in [2.75, 3.05) is 13.1 Å². The van der Waals surface area contributed by atoms with Crippen LogP contribution in [0.1, 0.15) is 30.6 Å². The van der Waals surface area contributed by atoms with Gasteiger partial charge in [0.15, 0.2) is 0 Å². The van der Waals surface area contributed by atoms with Crippen molar-refractivity contribution in [3.05, 3.63) is 48.6 Å². The van der Waals surface area contributed by atoms with Crippen LogP contribution in [0.15, 0.2) is 48.1 Å². The lowest BCUT2D eigenvalue weighted by Gasteiger charge is -2.33. The highest BCUT2D eigenvalue weighted by Gasteiger charge is 2.31. The summed E-state index contributed by atoms with van der Waals surface area (Å²) in [5.41, 5.74) is 1.50. The highest BCUT2D eigenvalue weighted by Crippen LogP contribution is 2.10. The Morgan fingerprint density at radius 2 is 2.14 bits per heavy atom. The lowest BCUT2D eigenvalue weighted by molar-refractivity contribution is -0.921. The lowest BCUT2D eigenvalue weighted by Crippen LogP contribution is -3.17. The Morgan fingerprint density at radius 1 is 1.43 bits per heavy atom. The first-order valence-electron chi connectivity index (χ1n) is 7.40. The summed E-state index contributed by atoms with van der Waals surface area (Å²) >= 11 is 0. The molecule has 1 aromatic rings. The van der Waals surface area contributed by atoms with E-state index in [1.54, 1.807) is 12.1 Å². The zero-order valence-corrected chi connectivity index (χ0v) is 12.7. The average Bonchev–Trinajstić information content (AvgIpc) is 2.50. The second-order valence-electron chi connectivity index (χ2n) is 5.69. The van der Waals surface area contributed by atoms with Gasteiger partial charge in [0.2, 0.25) is 0 Å². The van der Waals surface area contributed by atoms with E-state index < -0.39 is 5.97 Å². The average molecular weight is 287 g/mol. The zero-order chi connectivity index (χ0) is 15.2. The standard InChI is InChI=1S/C17H22N2O2/c1-4-10-19-12-13(2)16(11-14(19)3)18-21-17(20)15-8-6-5-7-9-15/h4-9,13-14H,1,10-12H2,2-3H3/p+1/b18-16-/t13-,14+/m0/s1. The molecule has 0 spiro atoms. The van der Waals surface area contributed by atoms with Gasteiger partial charge in [-0.1, -0.05) is 36.9 Å². The molecule has 0 radical (unpaired) electrons. The number of rotatable bonds is 4. The maximum Gasteiger partial charge on any atom is 0.365 e. The molecule has 1 aromatic carbocycles. The minimum absolute atomic E-state index is 0.319. The van der Waals surface area contributed by atoms with Gasteiger partial charge in [0.25, 0.3) is 0 Å². The third-order valence-corrected chi connectivity index (χ3v) is 4.01. The Hall–Kier alpha value is -1.94. The molecule has 1 unspecified atom stereocenters. The van der Waals surface area contributed by atoms with Gasteiger partial charge in [0.1, 0.15) is 0 Å². The number of carbonyl (C=O) groups excluding carboxylic acids is 1. The number of nitrogens with one attached hydrogen (secondary N) is 1. The molecule has 0 amide bonds. The molecular weight excluding hydrogens is 264 g/mol. The van der Waals surface area contributed by atoms with E-state index in [2.05, 4.69) is 25.6 Å². The second-order valence-corrected chi connectivity index (χ2v) is 5.69. The van der Waals surface area contributed by atoms with Crippen molar-refractivity contribution >= 4 is 11.7 Å². The molecule has 0 bridgehead atoms. The Labute approximate surface area is 126 Å². The third kappa shape index (κ3) is 4.02.